The van der Waals surface area contributed by atoms with Crippen LogP contribution in [0.3, 0.4) is 0 Å². The second-order valence-electron chi connectivity index (χ2n) is 8.77. The summed E-state index contributed by atoms with van der Waals surface area (Å²) in [6.07, 6.45) is 1.16. The van der Waals surface area contributed by atoms with Crippen molar-refractivity contribution in [3.63, 3.8) is 0 Å². The van der Waals surface area contributed by atoms with Gasteiger partial charge in [0.2, 0.25) is 0 Å². The van der Waals surface area contributed by atoms with E-state index >= 15 is 0 Å². The summed E-state index contributed by atoms with van der Waals surface area (Å²) >= 11 is 8.85. The molecule has 0 spiro atoms. The van der Waals surface area contributed by atoms with Crippen LogP contribution in [0.25, 0.3) is 16.2 Å². The number of thioether (sulfide) groups is 1. The molecular weight excluding hydrogens is 562 g/mol. The second kappa shape index (κ2) is 11.2. The Morgan fingerprint density at radius 3 is 2.85 bits per heavy atom. The fourth-order valence-corrected chi connectivity index (χ4v) is 6.68. The van der Waals surface area contributed by atoms with Crippen LogP contribution in [-0.2, 0) is 18.9 Å². The van der Waals surface area contributed by atoms with E-state index in [4.69, 9.17) is 42.9 Å². The first-order chi connectivity index (χ1) is 19.0. The number of aromatic nitrogens is 5. The minimum absolute atomic E-state index is 0.228. The summed E-state index contributed by atoms with van der Waals surface area (Å²) in [5.41, 5.74) is 7.37. The normalized spacial score (nSPS) is 26.6. The molecule has 2 fully saturated rings. The summed E-state index contributed by atoms with van der Waals surface area (Å²) in [4.78, 5) is 12.6. The van der Waals surface area contributed by atoms with E-state index in [9.17, 15) is 0 Å². The maximum Gasteiger partial charge on any atom is 0.283 e. The zero-order chi connectivity index (χ0) is 26.9. The number of thiazole rings is 1. The number of methoxy groups -OCH3 is 1. The summed E-state index contributed by atoms with van der Waals surface area (Å²) in [7, 11) is 1.61. The highest BCUT2D eigenvalue weighted by Crippen LogP contribution is 2.46. The Morgan fingerprint density at radius 2 is 2.10 bits per heavy atom. The molecule has 2 N–H and O–H groups in total. The van der Waals surface area contributed by atoms with Crippen LogP contribution in [0.2, 0.25) is 5.02 Å². The minimum atomic E-state index is -0.590. The molecule has 0 amide bonds. The van der Waals surface area contributed by atoms with Gasteiger partial charge in [-0.05, 0) is 6.07 Å². The molecule has 0 aliphatic carbocycles. The van der Waals surface area contributed by atoms with Gasteiger partial charge in [-0.2, -0.15) is 0 Å². The smallest absolute Gasteiger partial charge is 0.283 e. The highest BCUT2D eigenvalue weighted by Gasteiger charge is 2.52. The van der Waals surface area contributed by atoms with Crippen molar-refractivity contribution in [2.45, 2.75) is 41.0 Å². The van der Waals surface area contributed by atoms with E-state index in [1.54, 1.807) is 24.1 Å². The summed E-state index contributed by atoms with van der Waals surface area (Å²) in [6, 6.07) is 11.0. The molecule has 0 radical (unpaired) electrons. The molecule has 14 heteroatoms. The standard InChI is InChI=1S/C25H22ClN7O4S2/c1-28-22-18(8-14(26)9-29-22)39-24-21(34-2)19(33-10-15(31-32-33)16-12-38-25(27)30-16)20-17(36-24)11-35-23(37-20)13-6-4-3-5-7-13/h3-10,12,17,19-21,23-24H,11H2,2H3,(H2,27,30)/t17?,19-,20-,21?,23?,24+/m0/s1. The van der Waals surface area contributed by atoms with E-state index < -0.39 is 36.1 Å². The minimum Gasteiger partial charge on any atom is -0.375 e. The zero-order valence-electron chi connectivity index (χ0n) is 20.5. The third kappa shape index (κ3) is 5.24. The molecule has 200 valence electrons. The monoisotopic (exact) mass is 583 g/mol. The van der Waals surface area contributed by atoms with Gasteiger partial charge in [0.25, 0.3) is 5.82 Å². The summed E-state index contributed by atoms with van der Waals surface area (Å²) in [5, 5.41) is 11.5. The van der Waals surface area contributed by atoms with Gasteiger partial charge in [-0.1, -0.05) is 53.7 Å². The first kappa shape index (κ1) is 26.1. The zero-order valence-corrected chi connectivity index (χ0v) is 22.8. The number of ether oxygens (including phenoxy) is 4. The average Bonchev–Trinajstić information content (AvgIpc) is 3.62. The van der Waals surface area contributed by atoms with E-state index in [2.05, 4.69) is 25.1 Å². The lowest BCUT2D eigenvalue weighted by molar-refractivity contribution is -0.308. The number of fused-ring (bicyclic) bond motifs is 1. The number of hydrogen-bond donors (Lipinski definition) is 1. The van der Waals surface area contributed by atoms with Crippen molar-refractivity contribution in [2.75, 3.05) is 19.5 Å². The molecule has 0 saturated carbocycles. The fraction of sp³-hybridized carbons (Fsp3) is 0.320. The van der Waals surface area contributed by atoms with Crippen molar-refractivity contribution < 1.29 is 18.9 Å². The number of benzene rings is 1. The van der Waals surface area contributed by atoms with Crippen molar-refractivity contribution in [1.82, 2.24) is 25.0 Å². The third-order valence-corrected chi connectivity index (χ3v) is 8.45. The fourth-order valence-electron chi connectivity index (χ4n) is 4.65. The molecule has 3 unspecified atom stereocenters. The van der Waals surface area contributed by atoms with Crippen LogP contribution in [0.1, 0.15) is 17.9 Å². The van der Waals surface area contributed by atoms with E-state index in [-0.39, 0.29) is 12.4 Å². The van der Waals surface area contributed by atoms with Crippen LogP contribution >= 0.6 is 34.7 Å². The van der Waals surface area contributed by atoms with Crippen LogP contribution in [0, 0.1) is 6.57 Å². The second-order valence-corrected chi connectivity index (χ2v) is 11.2. The van der Waals surface area contributed by atoms with E-state index in [1.807, 2.05) is 35.7 Å². The topological polar surface area (TPSA) is 124 Å². The van der Waals surface area contributed by atoms with Gasteiger partial charge in [0.15, 0.2) is 11.4 Å². The molecule has 2 saturated heterocycles. The predicted molar refractivity (Wildman–Crippen MR) is 145 cm³/mol. The Bertz CT molecular complexity index is 1500. The van der Waals surface area contributed by atoms with Gasteiger partial charge >= 0.3 is 0 Å². The number of nitrogen functional groups attached to an aromatic ring is 1. The van der Waals surface area contributed by atoms with Crippen molar-refractivity contribution in [2.24, 2.45) is 0 Å². The Morgan fingerprint density at radius 1 is 1.26 bits per heavy atom. The average molecular weight is 584 g/mol. The van der Waals surface area contributed by atoms with E-state index in [0.29, 0.717) is 26.4 Å². The number of pyridine rings is 1. The first-order valence-electron chi connectivity index (χ1n) is 11.9. The SMILES string of the molecule is [C-]#[N+]c1ncc(Cl)cc1S[C@H]1OC2COC(c3ccccc3)O[C@@H]2[C@H](n2cc(-c3csc(N)n3)nn2)C1OC. The quantitative estimate of drug-likeness (QED) is 0.317. The number of nitrogens with two attached hydrogens (primary N) is 1. The van der Waals surface area contributed by atoms with Crippen molar-refractivity contribution in [1.29, 1.82) is 0 Å². The Balaban J connectivity index is 1.37. The van der Waals surface area contributed by atoms with Gasteiger partial charge in [0.05, 0.1) is 17.8 Å². The lowest BCUT2D eigenvalue weighted by Gasteiger charge is -2.48. The molecular formula is C25H22ClN7O4S2. The molecule has 4 aromatic rings. The highest BCUT2D eigenvalue weighted by atomic mass is 35.5. The van der Waals surface area contributed by atoms with Crippen molar-refractivity contribution in [3.05, 3.63) is 76.2 Å². The van der Waals surface area contributed by atoms with Gasteiger partial charge in [-0.3, -0.25) is 0 Å². The summed E-state index contributed by atoms with van der Waals surface area (Å²) in [5.74, 6) is 0.228. The van der Waals surface area contributed by atoms with Crippen molar-refractivity contribution >= 4 is 45.6 Å². The molecule has 0 bridgehead atoms. The van der Waals surface area contributed by atoms with Crippen molar-refractivity contribution in [3.8, 4) is 11.4 Å². The molecule has 1 aromatic carbocycles. The molecule has 39 heavy (non-hydrogen) atoms. The molecule has 2 aliphatic rings. The predicted octanol–water partition coefficient (Wildman–Crippen LogP) is 4.77. The Kier molecular flexibility index (Phi) is 7.50. The molecule has 6 rings (SSSR count). The van der Waals surface area contributed by atoms with Crippen LogP contribution in [0.4, 0.5) is 10.9 Å². The lowest BCUT2D eigenvalue weighted by Crippen LogP contribution is -2.59. The molecule has 3 aromatic heterocycles. The van der Waals surface area contributed by atoms with Crippen LogP contribution in [0.15, 0.2) is 59.1 Å². The van der Waals surface area contributed by atoms with Gasteiger partial charge in [-0.15, -0.1) is 33.2 Å². The number of nitrogens with zero attached hydrogens (tertiary/aromatic N) is 6. The van der Waals surface area contributed by atoms with Gasteiger partial charge in [-0.25, -0.2) is 9.67 Å². The maximum atomic E-state index is 7.54. The van der Waals surface area contributed by atoms with Crippen LogP contribution in [-0.4, -0.2) is 62.4 Å². The number of anilines is 1. The van der Waals surface area contributed by atoms with Gasteiger partial charge in [0.1, 0.15) is 47.4 Å². The van der Waals surface area contributed by atoms with Gasteiger partial charge < -0.3 is 29.5 Å². The summed E-state index contributed by atoms with van der Waals surface area (Å²) < 4.78 is 26.9. The molecule has 6 atom stereocenters. The van der Waals surface area contributed by atoms with Crippen LogP contribution in [0.5, 0.6) is 0 Å². The van der Waals surface area contributed by atoms with E-state index in [1.165, 1.54) is 29.3 Å². The van der Waals surface area contributed by atoms with Crippen LogP contribution < -0.4 is 5.73 Å². The Hall–Kier alpha value is -3.09. The molecule has 2 aliphatic heterocycles. The molecule has 11 nitrogen and oxygen atoms in total. The lowest BCUT2D eigenvalue weighted by atomic mass is 9.95. The maximum absolute atomic E-state index is 7.54. The highest BCUT2D eigenvalue weighted by molar-refractivity contribution is 8.00. The molecule has 5 heterocycles. The Labute approximate surface area is 237 Å². The van der Waals surface area contributed by atoms with E-state index in [0.717, 1.165) is 5.56 Å². The number of rotatable bonds is 6. The number of hydrogen-bond acceptors (Lipinski definition) is 11. The number of halogens is 1. The largest absolute Gasteiger partial charge is 0.375 e. The first-order valence-corrected chi connectivity index (χ1v) is 14.0. The van der Waals surface area contributed by atoms with Gasteiger partial charge in [0, 0.05) is 22.9 Å². The third-order valence-electron chi connectivity index (χ3n) is 6.40. The summed E-state index contributed by atoms with van der Waals surface area (Å²) in [6.45, 7) is 7.82.